The van der Waals surface area contributed by atoms with Gasteiger partial charge in [0.25, 0.3) is 0 Å². The van der Waals surface area contributed by atoms with Crippen LogP contribution in [0.1, 0.15) is 45.0 Å². The Morgan fingerprint density at radius 3 is 2.95 bits per heavy atom. The molecule has 1 aromatic rings. The van der Waals surface area contributed by atoms with Gasteiger partial charge < -0.3 is 10.5 Å². The highest BCUT2D eigenvalue weighted by molar-refractivity contribution is 9.10. The molecular weight excluding hydrogens is 320 g/mol. The molecule has 2 N–H and O–H groups in total. The lowest BCUT2D eigenvalue weighted by Crippen LogP contribution is -2.47. The minimum Gasteiger partial charge on any atom is -0.374 e. The van der Waals surface area contributed by atoms with Gasteiger partial charge in [0.05, 0.1) is 35.1 Å². The van der Waals surface area contributed by atoms with Crippen LogP contribution in [0.3, 0.4) is 0 Å². The molecule has 0 saturated carbocycles. The van der Waals surface area contributed by atoms with Crippen molar-refractivity contribution in [3.8, 4) is 0 Å². The number of hydrogen-bond acceptors (Lipinski definition) is 4. The molecule has 0 aromatic carbocycles. The Morgan fingerprint density at radius 2 is 2.30 bits per heavy atom. The highest BCUT2D eigenvalue weighted by atomic mass is 79.9. The third-order valence-corrected chi connectivity index (χ3v) is 4.32. The average Bonchev–Trinajstić information content (AvgIpc) is 2.81. The topological polar surface area (TPSA) is 56.3 Å². The molecule has 20 heavy (non-hydrogen) atoms. The number of halogens is 1. The van der Waals surface area contributed by atoms with Gasteiger partial charge in [-0.25, -0.2) is 0 Å². The predicted octanol–water partition coefficient (Wildman–Crippen LogP) is 2.34. The summed E-state index contributed by atoms with van der Waals surface area (Å²) < 4.78 is 8.85. The summed E-state index contributed by atoms with van der Waals surface area (Å²) in [5.41, 5.74) is 7.50. The summed E-state index contributed by atoms with van der Waals surface area (Å²) in [7, 11) is 0. The first kappa shape index (κ1) is 15.9. The van der Waals surface area contributed by atoms with Crippen LogP contribution in [0.15, 0.2) is 10.7 Å². The number of hydrogen-bond donors (Lipinski definition) is 1. The predicted molar refractivity (Wildman–Crippen MR) is 83.7 cm³/mol. The van der Waals surface area contributed by atoms with Gasteiger partial charge in [-0.2, -0.15) is 5.10 Å². The standard InChI is InChI=1S/C14H25BrN4O/c1-4-5-18-6-7-20-12(9-18)13(16)14-11(15)8-17-19(14)10(2)3/h8,10,12-13H,4-7,9,16H2,1-3H3. The molecule has 1 saturated heterocycles. The molecule has 1 aliphatic rings. The van der Waals surface area contributed by atoms with Crippen molar-refractivity contribution >= 4 is 15.9 Å². The molecule has 2 unspecified atom stereocenters. The number of ether oxygens (including phenoxy) is 1. The summed E-state index contributed by atoms with van der Waals surface area (Å²) in [6.45, 7) is 10.2. The summed E-state index contributed by atoms with van der Waals surface area (Å²) in [5.74, 6) is 0. The van der Waals surface area contributed by atoms with Crippen LogP contribution in [-0.2, 0) is 4.74 Å². The van der Waals surface area contributed by atoms with E-state index in [1.165, 1.54) is 0 Å². The summed E-state index contributed by atoms with van der Waals surface area (Å²) in [6, 6.07) is 0.131. The van der Waals surface area contributed by atoms with Gasteiger partial charge in [-0.05, 0) is 42.7 Å². The molecule has 1 aromatic heterocycles. The fourth-order valence-corrected chi connectivity index (χ4v) is 3.26. The van der Waals surface area contributed by atoms with E-state index in [-0.39, 0.29) is 18.2 Å². The second-order valence-corrected chi connectivity index (χ2v) is 6.51. The maximum Gasteiger partial charge on any atom is 0.0910 e. The zero-order chi connectivity index (χ0) is 14.7. The van der Waals surface area contributed by atoms with E-state index < -0.39 is 0 Å². The lowest BCUT2D eigenvalue weighted by atomic mass is 10.1. The average molecular weight is 345 g/mol. The Kier molecular flexibility index (Phi) is 5.60. The summed E-state index contributed by atoms with van der Waals surface area (Å²) in [5, 5.41) is 4.41. The lowest BCUT2D eigenvalue weighted by molar-refractivity contribution is -0.0422. The second-order valence-electron chi connectivity index (χ2n) is 5.65. The second kappa shape index (κ2) is 7.02. The molecule has 2 heterocycles. The van der Waals surface area contributed by atoms with Gasteiger partial charge in [0.1, 0.15) is 0 Å². The van der Waals surface area contributed by atoms with E-state index in [4.69, 9.17) is 10.5 Å². The maximum atomic E-state index is 6.47. The van der Waals surface area contributed by atoms with E-state index in [1.54, 1.807) is 0 Å². The van der Waals surface area contributed by atoms with Crippen molar-refractivity contribution in [1.29, 1.82) is 0 Å². The van der Waals surface area contributed by atoms with E-state index in [9.17, 15) is 0 Å². The zero-order valence-corrected chi connectivity index (χ0v) is 14.1. The van der Waals surface area contributed by atoms with Crippen molar-refractivity contribution < 1.29 is 4.74 Å². The van der Waals surface area contributed by atoms with Crippen molar-refractivity contribution in [2.75, 3.05) is 26.2 Å². The molecule has 0 amide bonds. The Bertz CT molecular complexity index is 433. The van der Waals surface area contributed by atoms with E-state index in [0.29, 0.717) is 0 Å². The van der Waals surface area contributed by atoms with Crippen LogP contribution in [0.5, 0.6) is 0 Å². The summed E-state index contributed by atoms with van der Waals surface area (Å²) >= 11 is 3.57. The fraction of sp³-hybridized carbons (Fsp3) is 0.786. The van der Waals surface area contributed by atoms with Crippen LogP contribution >= 0.6 is 15.9 Å². The number of aromatic nitrogens is 2. The quantitative estimate of drug-likeness (QED) is 0.890. The third-order valence-electron chi connectivity index (χ3n) is 3.71. The SMILES string of the molecule is CCCN1CCOC(C(N)c2c(Br)cnn2C(C)C)C1. The first-order chi connectivity index (χ1) is 9.54. The van der Waals surface area contributed by atoms with Gasteiger partial charge >= 0.3 is 0 Å². The Balaban J connectivity index is 2.14. The molecule has 0 radical (unpaired) electrons. The van der Waals surface area contributed by atoms with E-state index in [2.05, 4.69) is 46.7 Å². The highest BCUT2D eigenvalue weighted by Crippen LogP contribution is 2.28. The molecule has 0 aliphatic carbocycles. The lowest BCUT2D eigenvalue weighted by Gasteiger charge is -2.36. The van der Waals surface area contributed by atoms with Crippen molar-refractivity contribution in [3.05, 3.63) is 16.4 Å². The van der Waals surface area contributed by atoms with E-state index in [0.717, 1.165) is 42.8 Å². The van der Waals surface area contributed by atoms with Crippen molar-refractivity contribution in [1.82, 2.24) is 14.7 Å². The minimum absolute atomic E-state index is 0.0285. The zero-order valence-electron chi connectivity index (χ0n) is 12.6. The Hall–Kier alpha value is -0.430. The maximum absolute atomic E-state index is 6.47. The van der Waals surface area contributed by atoms with Gasteiger partial charge in [-0.1, -0.05) is 6.92 Å². The van der Waals surface area contributed by atoms with E-state index in [1.807, 2.05) is 10.9 Å². The first-order valence-corrected chi connectivity index (χ1v) is 8.16. The van der Waals surface area contributed by atoms with Crippen LogP contribution in [0, 0.1) is 0 Å². The molecule has 0 spiro atoms. The van der Waals surface area contributed by atoms with Crippen LogP contribution < -0.4 is 5.73 Å². The highest BCUT2D eigenvalue weighted by Gasteiger charge is 2.30. The third kappa shape index (κ3) is 3.42. The Labute approximate surface area is 129 Å². The van der Waals surface area contributed by atoms with Crippen LogP contribution in [0.25, 0.3) is 0 Å². The molecule has 2 atom stereocenters. The fourth-order valence-electron chi connectivity index (χ4n) is 2.72. The number of nitrogens with zero attached hydrogens (tertiary/aromatic N) is 3. The van der Waals surface area contributed by atoms with Gasteiger partial charge in [0.15, 0.2) is 0 Å². The molecule has 1 fully saturated rings. The molecule has 114 valence electrons. The van der Waals surface area contributed by atoms with Crippen LogP contribution in [0.2, 0.25) is 0 Å². The molecule has 1 aliphatic heterocycles. The van der Waals surface area contributed by atoms with Crippen molar-refractivity contribution in [2.45, 2.75) is 45.4 Å². The molecule has 5 nitrogen and oxygen atoms in total. The van der Waals surface area contributed by atoms with Crippen molar-refractivity contribution in [2.24, 2.45) is 5.73 Å². The number of nitrogens with two attached hydrogens (primary N) is 1. The van der Waals surface area contributed by atoms with Gasteiger partial charge in [0, 0.05) is 19.1 Å². The first-order valence-electron chi connectivity index (χ1n) is 7.37. The number of morpholine rings is 1. The van der Waals surface area contributed by atoms with Crippen LogP contribution in [-0.4, -0.2) is 47.0 Å². The van der Waals surface area contributed by atoms with Crippen molar-refractivity contribution in [3.63, 3.8) is 0 Å². The summed E-state index contributed by atoms with van der Waals surface area (Å²) in [4.78, 5) is 2.43. The number of rotatable bonds is 5. The summed E-state index contributed by atoms with van der Waals surface area (Å²) in [6.07, 6.45) is 3.01. The normalized spacial score (nSPS) is 22.4. The van der Waals surface area contributed by atoms with Gasteiger partial charge in [-0.3, -0.25) is 9.58 Å². The van der Waals surface area contributed by atoms with Gasteiger partial charge in [-0.15, -0.1) is 0 Å². The Morgan fingerprint density at radius 1 is 1.55 bits per heavy atom. The largest absolute Gasteiger partial charge is 0.374 e. The monoisotopic (exact) mass is 344 g/mol. The molecule has 2 rings (SSSR count). The van der Waals surface area contributed by atoms with E-state index >= 15 is 0 Å². The van der Waals surface area contributed by atoms with Crippen LogP contribution in [0.4, 0.5) is 0 Å². The smallest absolute Gasteiger partial charge is 0.0910 e. The minimum atomic E-state index is -0.158. The molecular formula is C14H25BrN4O. The molecule has 6 heteroatoms. The molecule has 0 bridgehead atoms. The van der Waals surface area contributed by atoms with Gasteiger partial charge in [0.2, 0.25) is 0 Å².